The number of aromatic amines is 1. The van der Waals surface area contributed by atoms with E-state index in [4.69, 9.17) is 10.4 Å². The number of carboxylic acid groups (broad SMARTS) is 1. The molecular formula is C12H10N2O2. The van der Waals surface area contributed by atoms with Crippen molar-refractivity contribution in [3.63, 3.8) is 0 Å². The van der Waals surface area contributed by atoms with Crippen LogP contribution < -0.4 is 0 Å². The zero-order chi connectivity index (χ0) is 11.8. The first kappa shape index (κ1) is 11.5. The Morgan fingerprint density at radius 2 is 2.25 bits per heavy atom. The lowest BCUT2D eigenvalue weighted by Crippen LogP contribution is -1.96. The molecule has 0 aromatic carbocycles. The lowest BCUT2D eigenvalue weighted by atomic mass is 10.2. The van der Waals surface area contributed by atoms with Gasteiger partial charge in [0, 0.05) is 12.4 Å². The Bertz CT molecular complexity index is 474. The predicted molar refractivity (Wildman–Crippen MR) is 60.3 cm³/mol. The van der Waals surface area contributed by atoms with E-state index in [2.05, 4.69) is 4.98 Å². The van der Waals surface area contributed by atoms with E-state index >= 15 is 0 Å². The molecule has 0 saturated heterocycles. The van der Waals surface area contributed by atoms with Gasteiger partial charge in [0.1, 0.15) is 11.6 Å². The first-order chi connectivity index (χ1) is 7.74. The molecule has 0 bridgehead atoms. The zero-order valence-electron chi connectivity index (χ0n) is 8.42. The molecule has 0 unspecified atom stereocenters. The Kier molecular flexibility index (Phi) is 4.35. The molecule has 4 heteroatoms. The van der Waals surface area contributed by atoms with E-state index in [1.807, 2.05) is 24.5 Å². The van der Waals surface area contributed by atoms with E-state index < -0.39 is 5.97 Å². The number of carbonyl (C=O) groups is 1. The minimum atomic E-state index is -1.22. The van der Waals surface area contributed by atoms with Crippen LogP contribution in [-0.2, 0) is 4.79 Å². The molecule has 0 aliphatic carbocycles. The Balaban J connectivity index is 2.56. The first-order valence-electron chi connectivity index (χ1n) is 4.55. The van der Waals surface area contributed by atoms with Crippen LogP contribution in [0.25, 0.3) is 6.08 Å². The largest absolute Gasteiger partial charge is 0.477 e. The van der Waals surface area contributed by atoms with E-state index in [0.717, 1.165) is 5.56 Å². The monoisotopic (exact) mass is 214 g/mol. The van der Waals surface area contributed by atoms with Gasteiger partial charge in [0.2, 0.25) is 0 Å². The van der Waals surface area contributed by atoms with Crippen LogP contribution in [0.15, 0.2) is 48.3 Å². The van der Waals surface area contributed by atoms with Crippen LogP contribution in [-0.4, -0.2) is 16.1 Å². The van der Waals surface area contributed by atoms with E-state index in [0.29, 0.717) is 0 Å². The summed E-state index contributed by atoms with van der Waals surface area (Å²) in [6, 6.07) is 3.49. The molecule has 1 aromatic heterocycles. The minimum absolute atomic E-state index is 0.286. The van der Waals surface area contributed by atoms with Gasteiger partial charge in [0.15, 0.2) is 0 Å². The average Bonchev–Trinajstić information content (AvgIpc) is 2.75. The second kappa shape index (κ2) is 6.04. The number of nitrogens with zero attached hydrogens (tertiary/aromatic N) is 1. The van der Waals surface area contributed by atoms with Crippen molar-refractivity contribution >= 4 is 12.0 Å². The van der Waals surface area contributed by atoms with Crippen molar-refractivity contribution in [1.29, 1.82) is 5.26 Å². The molecule has 0 aliphatic rings. The van der Waals surface area contributed by atoms with Gasteiger partial charge in [-0.3, -0.25) is 0 Å². The van der Waals surface area contributed by atoms with Gasteiger partial charge in [-0.2, -0.15) is 5.26 Å². The summed E-state index contributed by atoms with van der Waals surface area (Å²) >= 11 is 0. The quantitative estimate of drug-likeness (QED) is 0.458. The number of hydrogen-bond donors (Lipinski definition) is 2. The summed E-state index contributed by atoms with van der Waals surface area (Å²) < 4.78 is 0. The topological polar surface area (TPSA) is 76.9 Å². The third-order valence-corrected chi connectivity index (χ3v) is 1.75. The molecule has 1 rings (SSSR count). The first-order valence-corrected chi connectivity index (χ1v) is 4.55. The van der Waals surface area contributed by atoms with Gasteiger partial charge in [0.25, 0.3) is 0 Å². The molecule has 0 aliphatic heterocycles. The van der Waals surface area contributed by atoms with Crippen molar-refractivity contribution in [2.45, 2.75) is 0 Å². The van der Waals surface area contributed by atoms with E-state index in [-0.39, 0.29) is 5.57 Å². The molecular weight excluding hydrogens is 204 g/mol. The van der Waals surface area contributed by atoms with Crippen molar-refractivity contribution in [2.24, 2.45) is 0 Å². The van der Waals surface area contributed by atoms with Crippen molar-refractivity contribution in [2.75, 3.05) is 0 Å². The molecule has 1 aromatic rings. The highest BCUT2D eigenvalue weighted by molar-refractivity contribution is 5.91. The molecule has 0 radical (unpaired) electrons. The molecule has 0 spiro atoms. The maximum Gasteiger partial charge on any atom is 0.346 e. The third-order valence-electron chi connectivity index (χ3n) is 1.75. The van der Waals surface area contributed by atoms with E-state index in [9.17, 15) is 4.79 Å². The van der Waals surface area contributed by atoms with E-state index in [1.165, 1.54) is 12.2 Å². The lowest BCUT2D eigenvalue weighted by Gasteiger charge is -1.84. The van der Waals surface area contributed by atoms with Gasteiger partial charge in [-0.1, -0.05) is 24.3 Å². The highest BCUT2D eigenvalue weighted by atomic mass is 16.4. The zero-order valence-corrected chi connectivity index (χ0v) is 8.42. The fourth-order valence-electron chi connectivity index (χ4n) is 0.979. The number of nitrogens with one attached hydrogen (secondary N) is 1. The number of aromatic nitrogens is 1. The molecule has 16 heavy (non-hydrogen) atoms. The van der Waals surface area contributed by atoms with Crippen LogP contribution in [0.5, 0.6) is 0 Å². The Morgan fingerprint density at radius 1 is 1.44 bits per heavy atom. The van der Waals surface area contributed by atoms with Crippen molar-refractivity contribution in [1.82, 2.24) is 4.98 Å². The second-order valence-electron chi connectivity index (χ2n) is 2.89. The number of hydrogen-bond acceptors (Lipinski definition) is 2. The molecule has 2 N–H and O–H groups in total. The van der Waals surface area contributed by atoms with Gasteiger partial charge in [-0.05, 0) is 17.7 Å². The SMILES string of the molecule is N#C\C(=C/C=C/C=C/c1cc[nH]c1)C(=O)O. The number of rotatable bonds is 4. The highest BCUT2D eigenvalue weighted by Gasteiger charge is 2.01. The van der Waals surface area contributed by atoms with Gasteiger partial charge in [-0.15, -0.1) is 0 Å². The minimum Gasteiger partial charge on any atom is -0.477 e. The third kappa shape index (κ3) is 3.68. The lowest BCUT2D eigenvalue weighted by molar-refractivity contribution is -0.132. The summed E-state index contributed by atoms with van der Waals surface area (Å²) in [5.74, 6) is -1.22. The smallest absolute Gasteiger partial charge is 0.346 e. The number of nitriles is 1. The van der Waals surface area contributed by atoms with Crippen LogP contribution >= 0.6 is 0 Å². The fourth-order valence-corrected chi connectivity index (χ4v) is 0.979. The number of H-pyrrole nitrogens is 1. The predicted octanol–water partition coefficient (Wildman–Crippen LogP) is 2.12. The summed E-state index contributed by atoms with van der Waals surface area (Å²) in [6.07, 6.45) is 11.7. The number of allylic oxidation sites excluding steroid dienone is 4. The summed E-state index contributed by atoms with van der Waals surface area (Å²) in [7, 11) is 0. The summed E-state index contributed by atoms with van der Waals surface area (Å²) in [6.45, 7) is 0. The van der Waals surface area contributed by atoms with Gasteiger partial charge < -0.3 is 10.1 Å². The van der Waals surface area contributed by atoms with Gasteiger partial charge in [-0.25, -0.2) is 4.79 Å². The summed E-state index contributed by atoms with van der Waals surface area (Å²) in [5, 5.41) is 17.0. The maximum absolute atomic E-state index is 10.4. The Hall–Kier alpha value is -2.54. The average molecular weight is 214 g/mol. The second-order valence-corrected chi connectivity index (χ2v) is 2.89. The normalized spacial score (nSPS) is 12.1. The summed E-state index contributed by atoms with van der Waals surface area (Å²) in [4.78, 5) is 13.3. The standard InChI is InChI=1S/C12H10N2O2/c13-8-11(12(15)16)5-3-1-2-4-10-6-7-14-9-10/h1-7,9,14H,(H,15,16)/b3-1+,4-2+,11-5+. The Morgan fingerprint density at radius 3 is 2.81 bits per heavy atom. The molecule has 0 atom stereocenters. The molecule has 0 saturated carbocycles. The van der Waals surface area contributed by atoms with Crippen LogP contribution in [0.2, 0.25) is 0 Å². The van der Waals surface area contributed by atoms with Crippen molar-refractivity contribution in [3.8, 4) is 6.07 Å². The van der Waals surface area contributed by atoms with Crippen molar-refractivity contribution in [3.05, 3.63) is 53.9 Å². The highest BCUT2D eigenvalue weighted by Crippen LogP contribution is 1.99. The Labute approximate surface area is 92.8 Å². The van der Waals surface area contributed by atoms with E-state index in [1.54, 1.807) is 18.2 Å². The molecule has 0 fully saturated rings. The van der Waals surface area contributed by atoms with Crippen LogP contribution in [0.3, 0.4) is 0 Å². The molecule has 80 valence electrons. The molecule has 0 amide bonds. The number of aliphatic carboxylic acids is 1. The van der Waals surface area contributed by atoms with Crippen LogP contribution in [0.1, 0.15) is 5.56 Å². The maximum atomic E-state index is 10.4. The van der Waals surface area contributed by atoms with Crippen LogP contribution in [0, 0.1) is 11.3 Å². The van der Waals surface area contributed by atoms with Crippen LogP contribution in [0.4, 0.5) is 0 Å². The van der Waals surface area contributed by atoms with Crippen molar-refractivity contribution < 1.29 is 9.90 Å². The van der Waals surface area contributed by atoms with Gasteiger partial charge in [0.05, 0.1) is 0 Å². The molecule has 1 heterocycles. The molecule has 4 nitrogen and oxygen atoms in total. The van der Waals surface area contributed by atoms with Gasteiger partial charge >= 0.3 is 5.97 Å². The fraction of sp³-hybridized carbons (Fsp3) is 0. The number of carboxylic acids is 1. The summed E-state index contributed by atoms with van der Waals surface area (Å²) in [5.41, 5.74) is 0.735.